The number of alkyl carbamates (subject to hydrolysis) is 1. The highest BCUT2D eigenvalue weighted by molar-refractivity contribution is 6.19. The van der Waals surface area contributed by atoms with Gasteiger partial charge in [-0.25, -0.2) is 14.8 Å². The van der Waals surface area contributed by atoms with Crippen LogP contribution in [0.15, 0.2) is 84.0 Å². The number of carbonyl (C=O) groups excluding carboxylic acids is 2. The van der Waals surface area contributed by atoms with E-state index in [1.54, 1.807) is 12.3 Å². The number of benzene rings is 2. The summed E-state index contributed by atoms with van der Waals surface area (Å²) in [7, 11) is 0. The molecule has 2 heterocycles. The van der Waals surface area contributed by atoms with Gasteiger partial charge in [-0.3, -0.25) is 10.1 Å². The predicted octanol–water partition coefficient (Wildman–Crippen LogP) is 3.12. The molecule has 7 heteroatoms. The molecule has 1 unspecified atom stereocenters. The van der Waals surface area contributed by atoms with Crippen LogP contribution in [0.4, 0.5) is 10.6 Å². The molecule has 1 atom stereocenters. The third kappa shape index (κ3) is 4.30. The fourth-order valence-corrected chi connectivity index (χ4v) is 2.94. The molecular weight excluding hydrogens is 368 g/mol. The molecule has 2 aromatic carbocycles. The van der Waals surface area contributed by atoms with E-state index in [0.717, 1.165) is 11.1 Å². The average Bonchev–Trinajstić information content (AvgIpc) is 2.90. The molecule has 4 rings (SSSR count). The Morgan fingerprint density at radius 1 is 1.00 bits per heavy atom. The van der Waals surface area contributed by atoms with Crippen LogP contribution in [0.3, 0.4) is 0 Å². The van der Waals surface area contributed by atoms with E-state index in [2.05, 4.69) is 20.6 Å². The SMILES string of the molecule is O=C(NC1N=C(c2ccccc2)c2cccnc2NC1=O)OCc1ccccc1. The first-order valence-electron chi connectivity index (χ1n) is 9.07. The van der Waals surface area contributed by atoms with Crippen LogP contribution in [0, 0.1) is 0 Å². The third-order valence-electron chi connectivity index (χ3n) is 4.33. The molecule has 2 amide bonds. The van der Waals surface area contributed by atoms with E-state index in [1.165, 1.54) is 0 Å². The zero-order chi connectivity index (χ0) is 20.1. The quantitative estimate of drug-likeness (QED) is 0.721. The Kier molecular flexibility index (Phi) is 5.29. The molecule has 3 aromatic rings. The smallest absolute Gasteiger partial charge is 0.409 e. The largest absolute Gasteiger partial charge is 0.445 e. The van der Waals surface area contributed by atoms with Crippen LogP contribution in [-0.4, -0.2) is 28.9 Å². The summed E-state index contributed by atoms with van der Waals surface area (Å²) in [6.45, 7) is 0.0953. The number of rotatable bonds is 4. The fraction of sp³-hybridized carbons (Fsp3) is 0.0909. The highest BCUT2D eigenvalue weighted by Gasteiger charge is 2.28. The molecule has 29 heavy (non-hydrogen) atoms. The second kappa shape index (κ2) is 8.35. The summed E-state index contributed by atoms with van der Waals surface area (Å²) in [5.41, 5.74) is 2.88. The molecule has 0 aliphatic carbocycles. The summed E-state index contributed by atoms with van der Waals surface area (Å²) < 4.78 is 5.22. The number of fused-ring (bicyclic) bond motifs is 1. The van der Waals surface area contributed by atoms with E-state index in [9.17, 15) is 9.59 Å². The van der Waals surface area contributed by atoms with Crippen molar-refractivity contribution in [3.8, 4) is 0 Å². The predicted molar refractivity (Wildman–Crippen MR) is 108 cm³/mol. The maximum absolute atomic E-state index is 12.6. The van der Waals surface area contributed by atoms with Crippen LogP contribution in [-0.2, 0) is 16.1 Å². The van der Waals surface area contributed by atoms with E-state index in [4.69, 9.17) is 4.74 Å². The molecule has 2 N–H and O–H groups in total. The minimum absolute atomic E-state index is 0.0953. The van der Waals surface area contributed by atoms with E-state index in [1.807, 2.05) is 66.7 Å². The van der Waals surface area contributed by atoms with Gasteiger partial charge in [0, 0.05) is 17.3 Å². The van der Waals surface area contributed by atoms with Gasteiger partial charge in [0.1, 0.15) is 12.4 Å². The molecule has 0 fully saturated rings. The molecule has 0 radical (unpaired) electrons. The first-order valence-corrected chi connectivity index (χ1v) is 9.07. The van der Waals surface area contributed by atoms with Crippen molar-refractivity contribution in [2.24, 2.45) is 4.99 Å². The Hall–Kier alpha value is -4.00. The van der Waals surface area contributed by atoms with Crippen LogP contribution < -0.4 is 10.6 Å². The number of hydrogen-bond donors (Lipinski definition) is 2. The van der Waals surface area contributed by atoms with Crippen LogP contribution >= 0.6 is 0 Å². The number of pyridine rings is 1. The Balaban J connectivity index is 1.58. The minimum Gasteiger partial charge on any atom is -0.445 e. The second-order valence-electron chi connectivity index (χ2n) is 6.34. The highest BCUT2D eigenvalue weighted by Crippen LogP contribution is 2.21. The van der Waals surface area contributed by atoms with Gasteiger partial charge in [-0.15, -0.1) is 0 Å². The number of anilines is 1. The van der Waals surface area contributed by atoms with Gasteiger partial charge in [-0.1, -0.05) is 60.7 Å². The van der Waals surface area contributed by atoms with Crippen molar-refractivity contribution in [1.82, 2.24) is 10.3 Å². The Morgan fingerprint density at radius 2 is 1.72 bits per heavy atom. The zero-order valence-corrected chi connectivity index (χ0v) is 15.4. The van der Waals surface area contributed by atoms with Gasteiger partial charge in [0.05, 0.1) is 5.71 Å². The molecule has 1 aliphatic heterocycles. The molecule has 1 aliphatic rings. The van der Waals surface area contributed by atoms with Gasteiger partial charge in [0.2, 0.25) is 6.17 Å². The van der Waals surface area contributed by atoms with Crippen molar-refractivity contribution in [3.05, 3.63) is 95.7 Å². The molecule has 0 saturated heterocycles. The average molecular weight is 386 g/mol. The molecule has 0 bridgehead atoms. The number of hydrogen-bond acceptors (Lipinski definition) is 5. The van der Waals surface area contributed by atoms with Crippen molar-refractivity contribution < 1.29 is 14.3 Å². The van der Waals surface area contributed by atoms with Gasteiger partial charge in [0.25, 0.3) is 5.91 Å². The molecule has 7 nitrogen and oxygen atoms in total. The Labute approximate surface area is 167 Å². The lowest BCUT2D eigenvalue weighted by molar-refractivity contribution is -0.117. The molecule has 144 valence electrons. The van der Waals surface area contributed by atoms with E-state index in [0.29, 0.717) is 17.1 Å². The maximum Gasteiger partial charge on any atom is 0.409 e. The Morgan fingerprint density at radius 3 is 2.48 bits per heavy atom. The van der Waals surface area contributed by atoms with E-state index in [-0.39, 0.29) is 6.61 Å². The first kappa shape index (κ1) is 18.4. The monoisotopic (exact) mass is 386 g/mol. The minimum atomic E-state index is -1.15. The summed E-state index contributed by atoms with van der Waals surface area (Å²) in [6.07, 6.45) is -0.296. The highest BCUT2D eigenvalue weighted by atomic mass is 16.5. The fourth-order valence-electron chi connectivity index (χ4n) is 2.94. The lowest BCUT2D eigenvalue weighted by Crippen LogP contribution is -2.42. The first-order chi connectivity index (χ1) is 14.2. The number of ether oxygens (including phenoxy) is 1. The van der Waals surface area contributed by atoms with Crippen LogP contribution in [0.1, 0.15) is 16.7 Å². The number of nitrogens with one attached hydrogen (secondary N) is 2. The van der Waals surface area contributed by atoms with Gasteiger partial charge in [-0.2, -0.15) is 0 Å². The summed E-state index contributed by atoms with van der Waals surface area (Å²) >= 11 is 0. The summed E-state index contributed by atoms with van der Waals surface area (Å²) in [5.74, 6) is -0.102. The number of aliphatic imine (C=N–C) groups is 1. The number of nitrogens with zero attached hydrogens (tertiary/aromatic N) is 2. The number of carbonyl (C=O) groups is 2. The summed E-state index contributed by atoms with van der Waals surface area (Å²) in [6, 6.07) is 22.3. The van der Waals surface area contributed by atoms with Crippen molar-refractivity contribution in [1.29, 1.82) is 0 Å². The lowest BCUT2D eigenvalue weighted by Gasteiger charge is -2.13. The topological polar surface area (TPSA) is 92.7 Å². The summed E-state index contributed by atoms with van der Waals surface area (Å²) in [5, 5.41) is 5.24. The van der Waals surface area contributed by atoms with E-state index >= 15 is 0 Å². The Bertz CT molecular complexity index is 1050. The maximum atomic E-state index is 12.6. The molecule has 0 spiro atoms. The van der Waals surface area contributed by atoms with Gasteiger partial charge >= 0.3 is 6.09 Å². The van der Waals surface area contributed by atoms with Gasteiger partial charge < -0.3 is 10.1 Å². The van der Waals surface area contributed by atoms with Crippen LogP contribution in [0.2, 0.25) is 0 Å². The van der Waals surface area contributed by atoms with Crippen molar-refractivity contribution in [2.75, 3.05) is 5.32 Å². The van der Waals surface area contributed by atoms with Crippen molar-refractivity contribution in [3.63, 3.8) is 0 Å². The van der Waals surface area contributed by atoms with Crippen molar-refractivity contribution >= 4 is 23.5 Å². The molecule has 0 saturated carbocycles. The van der Waals surface area contributed by atoms with Gasteiger partial charge in [0.15, 0.2) is 0 Å². The van der Waals surface area contributed by atoms with Crippen LogP contribution in [0.25, 0.3) is 0 Å². The molecule has 1 aromatic heterocycles. The van der Waals surface area contributed by atoms with Crippen LogP contribution in [0.5, 0.6) is 0 Å². The normalized spacial score (nSPS) is 15.4. The third-order valence-corrected chi connectivity index (χ3v) is 4.33. The second-order valence-corrected chi connectivity index (χ2v) is 6.34. The van der Waals surface area contributed by atoms with Gasteiger partial charge in [-0.05, 0) is 17.7 Å². The zero-order valence-electron chi connectivity index (χ0n) is 15.4. The number of amides is 2. The summed E-state index contributed by atoms with van der Waals surface area (Å²) in [4.78, 5) is 33.6. The lowest BCUT2D eigenvalue weighted by atomic mass is 10.0. The number of aromatic nitrogens is 1. The van der Waals surface area contributed by atoms with Crippen molar-refractivity contribution in [2.45, 2.75) is 12.8 Å². The molecular formula is C22H18N4O3. The van der Waals surface area contributed by atoms with E-state index < -0.39 is 18.2 Å². The standard InChI is InChI=1S/C22H18N4O3/c27-21-20(26-22(28)29-14-15-8-3-1-4-9-15)24-18(16-10-5-2-6-11-16)17-12-7-13-23-19(17)25-21/h1-13,20H,14H2,(H,26,28)(H,23,25,27).